The van der Waals surface area contributed by atoms with Gasteiger partial charge in [0.05, 0.1) is 41.2 Å². The molecule has 2 aromatic carbocycles. The van der Waals surface area contributed by atoms with E-state index in [1.807, 2.05) is 44.2 Å². The van der Waals surface area contributed by atoms with Crippen LogP contribution in [0.4, 0.5) is 5.69 Å². The Kier molecular flexibility index (Phi) is 7.25. The normalized spacial score (nSPS) is 10.7. The molecule has 1 amide bonds. The number of nitrogens with zero attached hydrogens (tertiary/aromatic N) is 2. The number of aromatic nitrogens is 2. The fourth-order valence-electron chi connectivity index (χ4n) is 3.55. The van der Waals surface area contributed by atoms with E-state index in [1.165, 1.54) is 0 Å². The number of pyridine rings is 1. The topological polar surface area (TPSA) is 113 Å². The van der Waals surface area contributed by atoms with Gasteiger partial charge in [-0.2, -0.15) is 0 Å². The predicted molar refractivity (Wildman–Crippen MR) is 130 cm³/mol. The third-order valence-corrected chi connectivity index (χ3v) is 5.08. The van der Waals surface area contributed by atoms with Gasteiger partial charge in [0.2, 0.25) is 0 Å². The standard InChI is InChI=1S/C26H25N3O6/c1-4-32-18-11-12-22(33-5-2)21(13-18)27-23(30)15-34-26(31)19-14-20(17-9-7-6-8-10-17)28-25-24(19)16(3)29-35-25/h6-14H,4-5,15H2,1-3H3,(H,27,30). The monoisotopic (exact) mass is 475 g/mol. The molecule has 1 N–H and O–H groups in total. The SMILES string of the molecule is CCOc1ccc(OCC)c(NC(=O)COC(=O)c2cc(-c3ccccc3)nc3onc(C)c23)c1. The first-order chi connectivity index (χ1) is 17.0. The van der Waals surface area contributed by atoms with Gasteiger partial charge in [0, 0.05) is 11.6 Å². The number of fused-ring (bicyclic) bond motifs is 1. The van der Waals surface area contributed by atoms with Crippen molar-refractivity contribution in [2.75, 3.05) is 25.1 Å². The summed E-state index contributed by atoms with van der Waals surface area (Å²) in [6.45, 7) is 5.82. The summed E-state index contributed by atoms with van der Waals surface area (Å²) in [4.78, 5) is 30.1. The van der Waals surface area contributed by atoms with Gasteiger partial charge in [0.1, 0.15) is 11.5 Å². The van der Waals surface area contributed by atoms with Crippen molar-refractivity contribution in [3.8, 4) is 22.8 Å². The van der Waals surface area contributed by atoms with Crippen molar-refractivity contribution < 1.29 is 28.3 Å². The summed E-state index contributed by atoms with van der Waals surface area (Å²) in [6, 6.07) is 16.1. The van der Waals surface area contributed by atoms with Gasteiger partial charge in [0.15, 0.2) is 6.61 Å². The molecule has 0 fully saturated rings. The van der Waals surface area contributed by atoms with Gasteiger partial charge in [-0.05, 0) is 39.0 Å². The van der Waals surface area contributed by atoms with Crippen LogP contribution in [0.3, 0.4) is 0 Å². The Hall–Kier alpha value is -4.40. The van der Waals surface area contributed by atoms with Crippen LogP contribution < -0.4 is 14.8 Å². The maximum Gasteiger partial charge on any atom is 0.339 e. The third-order valence-electron chi connectivity index (χ3n) is 5.08. The van der Waals surface area contributed by atoms with Crippen LogP contribution >= 0.6 is 0 Å². The fraction of sp³-hybridized carbons (Fsp3) is 0.231. The number of hydrogen-bond acceptors (Lipinski definition) is 8. The number of benzene rings is 2. The number of carbonyl (C=O) groups is 2. The number of carbonyl (C=O) groups excluding carboxylic acids is 2. The molecule has 0 bridgehead atoms. The van der Waals surface area contributed by atoms with Crippen molar-refractivity contribution in [1.29, 1.82) is 0 Å². The zero-order valence-electron chi connectivity index (χ0n) is 19.7. The molecule has 0 saturated carbocycles. The van der Waals surface area contributed by atoms with E-state index in [4.69, 9.17) is 18.7 Å². The Labute approximate surface area is 202 Å². The Balaban J connectivity index is 1.53. The summed E-state index contributed by atoms with van der Waals surface area (Å²) in [6.07, 6.45) is 0. The Morgan fingerprint density at radius 2 is 1.77 bits per heavy atom. The first kappa shape index (κ1) is 23.7. The van der Waals surface area contributed by atoms with Gasteiger partial charge in [-0.1, -0.05) is 35.5 Å². The molecule has 4 rings (SSSR count). The lowest BCUT2D eigenvalue weighted by Crippen LogP contribution is -2.21. The fourth-order valence-corrected chi connectivity index (χ4v) is 3.55. The highest BCUT2D eigenvalue weighted by Crippen LogP contribution is 2.30. The maximum atomic E-state index is 13.0. The lowest BCUT2D eigenvalue weighted by Gasteiger charge is -2.14. The van der Waals surface area contributed by atoms with E-state index in [0.29, 0.717) is 47.2 Å². The van der Waals surface area contributed by atoms with Crippen molar-refractivity contribution in [1.82, 2.24) is 10.1 Å². The molecule has 35 heavy (non-hydrogen) atoms. The van der Waals surface area contributed by atoms with Crippen molar-refractivity contribution in [3.63, 3.8) is 0 Å². The Bertz CT molecular complexity index is 1350. The second kappa shape index (κ2) is 10.7. The van der Waals surface area contributed by atoms with Gasteiger partial charge in [-0.15, -0.1) is 0 Å². The average molecular weight is 476 g/mol. The molecule has 0 saturated heterocycles. The second-order valence-corrected chi connectivity index (χ2v) is 7.52. The summed E-state index contributed by atoms with van der Waals surface area (Å²) < 4.78 is 21.7. The highest BCUT2D eigenvalue weighted by molar-refractivity contribution is 6.05. The van der Waals surface area contributed by atoms with Crippen LogP contribution in [-0.4, -0.2) is 41.8 Å². The highest BCUT2D eigenvalue weighted by Gasteiger charge is 2.21. The molecule has 0 unspecified atom stereocenters. The highest BCUT2D eigenvalue weighted by atomic mass is 16.5. The number of anilines is 1. The summed E-state index contributed by atoms with van der Waals surface area (Å²) in [5.74, 6) is -0.148. The third kappa shape index (κ3) is 5.40. The van der Waals surface area contributed by atoms with Crippen LogP contribution in [0.1, 0.15) is 29.9 Å². The van der Waals surface area contributed by atoms with Crippen LogP contribution in [0.5, 0.6) is 11.5 Å². The first-order valence-electron chi connectivity index (χ1n) is 11.2. The molecule has 9 nitrogen and oxygen atoms in total. The molecular weight excluding hydrogens is 450 g/mol. The van der Waals surface area contributed by atoms with E-state index in [1.54, 1.807) is 31.2 Å². The number of rotatable bonds is 9. The molecule has 180 valence electrons. The predicted octanol–water partition coefficient (Wildman–Crippen LogP) is 4.79. The molecule has 4 aromatic rings. The number of nitrogens with one attached hydrogen (secondary N) is 1. The number of hydrogen-bond donors (Lipinski definition) is 1. The van der Waals surface area contributed by atoms with Gasteiger partial charge in [-0.25, -0.2) is 9.78 Å². The quantitative estimate of drug-likeness (QED) is 0.344. The summed E-state index contributed by atoms with van der Waals surface area (Å²) >= 11 is 0. The van der Waals surface area contributed by atoms with Crippen molar-refractivity contribution >= 4 is 28.7 Å². The first-order valence-corrected chi connectivity index (χ1v) is 11.2. The van der Waals surface area contributed by atoms with Crippen molar-refractivity contribution in [2.45, 2.75) is 20.8 Å². The zero-order chi connectivity index (χ0) is 24.8. The molecule has 0 spiro atoms. The van der Waals surface area contributed by atoms with Crippen molar-refractivity contribution in [3.05, 3.63) is 65.9 Å². The molecule has 0 radical (unpaired) electrons. The lowest BCUT2D eigenvalue weighted by atomic mass is 10.1. The van der Waals surface area contributed by atoms with E-state index in [2.05, 4.69) is 15.5 Å². The van der Waals surface area contributed by atoms with Gasteiger partial charge in [-0.3, -0.25) is 4.79 Å². The molecule has 9 heteroatoms. The van der Waals surface area contributed by atoms with E-state index < -0.39 is 18.5 Å². The molecule has 2 heterocycles. The molecule has 0 aliphatic rings. The van der Waals surface area contributed by atoms with Crippen molar-refractivity contribution in [2.24, 2.45) is 0 Å². The largest absolute Gasteiger partial charge is 0.494 e. The van der Waals surface area contributed by atoms with E-state index in [9.17, 15) is 9.59 Å². The summed E-state index contributed by atoms with van der Waals surface area (Å²) in [7, 11) is 0. The lowest BCUT2D eigenvalue weighted by molar-refractivity contribution is -0.119. The minimum Gasteiger partial charge on any atom is -0.494 e. The number of esters is 1. The van der Waals surface area contributed by atoms with E-state index >= 15 is 0 Å². The van der Waals surface area contributed by atoms with Gasteiger partial charge < -0.3 is 24.1 Å². The molecule has 2 aromatic heterocycles. The molecule has 0 aliphatic carbocycles. The average Bonchev–Trinajstić information content (AvgIpc) is 3.25. The van der Waals surface area contributed by atoms with Crippen LogP contribution in [0.2, 0.25) is 0 Å². The minimum absolute atomic E-state index is 0.216. The Morgan fingerprint density at radius 3 is 2.51 bits per heavy atom. The smallest absolute Gasteiger partial charge is 0.339 e. The van der Waals surface area contributed by atoms with Crippen LogP contribution in [-0.2, 0) is 9.53 Å². The molecule has 0 atom stereocenters. The Morgan fingerprint density at radius 1 is 1.00 bits per heavy atom. The van der Waals surface area contributed by atoms with E-state index in [-0.39, 0.29) is 11.3 Å². The minimum atomic E-state index is -0.691. The number of aryl methyl sites for hydroxylation is 1. The maximum absolute atomic E-state index is 13.0. The molecular formula is C26H25N3O6. The van der Waals surface area contributed by atoms with E-state index in [0.717, 1.165) is 5.56 Å². The number of ether oxygens (including phenoxy) is 3. The molecule has 0 aliphatic heterocycles. The van der Waals surface area contributed by atoms with Gasteiger partial charge in [0.25, 0.3) is 11.6 Å². The van der Waals surface area contributed by atoms with Crippen LogP contribution in [0, 0.1) is 6.92 Å². The van der Waals surface area contributed by atoms with Gasteiger partial charge >= 0.3 is 5.97 Å². The van der Waals surface area contributed by atoms with Crippen LogP contribution in [0.25, 0.3) is 22.4 Å². The summed E-state index contributed by atoms with van der Waals surface area (Å²) in [5, 5.41) is 7.08. The van der Waals surface area contributed by atoms with Crippen LogP contribution in [0.15, 0.2) is 59.1 Å². The number of amides is 1. The zero-order valence-corrected chi connectivity index (χ0v) is 19.7. The summed E-state index contributed by atoms with van der Waals surface area (Å²) in [5.41, 5.74) is 2.68. The second-order valence-electron chi connectivity index (χ2n) is 7.52.